The van der Waals surface area contributed by atoms with Gasteiger partial charge in [0.2, 0.25) is 0 Å². The van der Waals surface area contributed by atoms with Crippen molar-refractivity contribution in [2.45, 2.75) is 13.5 Å². The van der Waals surface area contributed by atoms with Crippen molar-refractivity contribution >= 4 is 16.7 Å². The molecule has 62 valence electrons. The van der Waals surface area contributed by atoms with E-state index in [-0.39, 0.29) is 0 Å². The molecule has 0 saturated heterocycles. The maximum absolute atomic E-state index is 5.58. The Balaban J connectivity index is 2.73. The normalized spacial score (nSPS) is 10.8. The van der Waals surface area contributed by atoms with Gasteiger partial charge in [0, 0.05) is 11.9 Å². The molecule has 0 spiro atoms. The Morgan fingerprint density at radius 1 is 1.50 bits per heavy atom. The summed E-state index contributed by atoms with van der Waals surface area (Å²) in [5.74, 6) is 0. The molecule has 0 bridgehead atoms. The van der Waals surface area contributed by atoms with Gasteiger partial charge in [-0.15, -0.1) is 0 Å². The first-order chi connectivity index (χ1) is 5.81. The molecular formula is C8H10N4. The van der Waals surface area contributed by atoms with Gasteiger partial charge in [-0.05, 0) is 13.0 Å². The molecular weight excluding hydrogens is 152 g/mol. The van der Waals surface area contributed by atoms with Crippen molar-refractivity contribution in [2.24, 2.45) is 0 Å². The third kappa shape index (κ3) is 0.922. The van der Waals surface area contributed by atoms with Gasteiger partial charge in [0.1, 0.15) is 0 Å². The molecule has 12 heavy (non-hydrogen) atoms. The van der Waals surface area contributed by atoms with Crippen LogP contribution in [0.5, 0.6) is 0 Å². The lowest BCUT2D eigenvalue weighted by Crippen LogP contribution is -1.97. The Labute approximate surface area is 70.0 Å². The molecule has 4 nitrogen and oxygen atoms in total. The van der Waals surface area contributed by atoms with Crippen LogP contribution < -0.4 is 5.73 Å². The molecule has 0 fully saturated rings. The van der Waals surface area contributed by atoms with E-state index in [0.717, 1.165) is 17.6 Å². The number of pyridine rings is 1. The molecule has 0 radical (unpaired) electrons. The van der Waals surface area contributed by atoms with E-state index in [1.54, 1.807) is 12.4 Å². The predicted octanol–water partition coefficient (Wildman–Crippen LogP) is 1.03. The Morgan fingerprint density at radius 2 is 2.33 bits per heavy atom. The molecule has 2 N–H and O–H groups in total. The van der Waals surface area contributed by atoms with Gasteiger partial charge in [-0.3, -0.25) is 0 Å². The van der Waals surface area contributed by atoms with E-state index in [2.05, 4.69) is 10.1 Å². The lowest BCUT2D eigenvalue weighted by Gasteiger charge is -1.96. The lowest BCUT2D eigenvalue weighted by atomic mass is 10.3. The minimum Gasteiger partial charge on any atom is -0.397 e. The monoisotopic (exact) mass is 162 g/mol. The van der Waals surface area contributed by atoms with Crippen molar-refractivity contribution in [1.29, 1.82) is 0 Å². The highest BCUT2D eigenvalue weighted by Gasteiger charge is 2.01. The molecule has 0 aliphatic carbocycles. The van der Waals surface area contributed by atoms with Gasteiger partial charge in [0.15, 0.2) is 5.65 Å². The van der Waals surface area contributed by atoms with Gasteiger partial charge in [0.05, 0.1) is 18.1 Å². The molecule has 2 rings (SSSR count). The number of hydrogen-bond acceptors (Lipinski definition) is 3. The Hall–Kier alpha value is -1.58. The smallest absolute Gasteiger partial charge is 0.157 e. The highest BCUT2D eigenvalue weighted by molar-refractivity contribution is 5.77. The molecule has 0 aromatic carbocycles. The van der Waals surface area contributed by atoms with Crippen molar-refractivity contribution in [2.75, 3.05) is 5.73 Å². The maximum atomic E-state index is 5.58. The predicted molar refractivity (Wildman–Crippen MR) is 47.6 cm³/mol. The summed E-state index contributed by atoms with van der Waals surface area (Å²) in [5, 5.41) is 5.15. The van der Waals surface area contributed by atoms with Crippen LogP contribution in [0.15, 0.2) is 18.5 Å². The van der Waals surface area contributed by atoms with E-state index in [1.807, 2.05) is 17.7 Å². The number of aryl methyl sites for hydroxylation is 1. The van der Waals surface area contributed by atoms with Gasteiger partial charge < -0.3 is 5.73 Å². The fourth-order valence-corrected chi connectivity index (χ4v) is 1.22. The van der Waals surface area contributed by atoms with E-state index >= 15 is 0 Å². The van der Waals surface area contributed by atoms with Crippen molar-refractivity contribution in [3.63, 3.8) is 0 Å². The SMILES string of the molecule is CCn1ncc2cc(N)cnc21. The highest BCUT2D eigenvalue weighted by atomic mass is 15.3. The number of aromatic nitrogens is 3. The largest absolute Gasteiger partial charge is 0.397 e. The first kappa shape index (κ1) is 7.09. The number of rotatable bonds is 1. The first-order valence-electron chi connectivity index (χ1n) is 3.88. The number of hydrogen-bond donors (Lipinski definition) is 1. The van der Waals surface area contributed by atoms with Crippen molar-refractivity contribution in [3.05, 3.63) is 18.5 Å². The molecule has 0 amide bonds. The summed E-state index contributed by atoms with van der Waals surface area (Å²) in [6, 6.07) is 1.88. The minimum absolute atomic E-state index is 0.679. The van der Waals surface area contributed by atoms with E-state index in [4.69, 9.17) is 5.73 Å². The maximum Gasteiger partial charge on any atom is 0.157 e. The van der Waals surface area contributed by atoms with Crippen LogP contribution in [-0.4, -0.2) is 14.8 Å². The Bertz CT molecular complexity index is 404. The topological polar surface area (TPSA) is 56.7 Å². The Kier molecular flexibility index (Phi) is 1.46. The number of nitrogens with zero attached hydrogens (tertiary/aromatic N) is 3. The van der Waals surface area contributed by atoms with Gasteiger partial charge >= 0.3 is 0 Å². The van der Waals surface area contributed by atoms with Crippen LogP contribution in [0.25, 0.3) is 11.0 Å². The first-order valence-corrected chi connectivity index (χ1v) is 3.88. The van der Waals surface area contributed by atoms with Crippen LogP contribution in [0.4, 0.5) is 5.69 Å². The van der Waals surface area contributed by atoms with Crippen LogP contribution in [0, 0.1) is 0 Å². The molecule has 0 saturated carbocycles. The van der Waals surface area contributed by atoms with Crippen LogP contribution >= 0.6 is 0 Å². The molecule has 2 aromatic heterocycles. The quantitative estimate of drug-likeness (QED) is 0.681. The molecule has 4 heteroatoms. The highest BCUT2D eigenvalue weighted by Crippen LogP contribution is 2.13. The van der Waals surface area contributed by atoms with Crippen molar-refractivity contribution in [3.8, 4) is 0 Å². The van der Waals surface area contributed by atoms with Crippen molar-refractivity contribution in [1.82, 2.24) is 14.8 Å². The van der Waals surface area contributed by atoms with Crippen LogP contribution in [0.3, 0.4) is 0 Å². The molecule has 2 heterocycles. The summed E-state index contributed by atoms with van der Waals surface area (Å²) in [5.41, 5.74) is 7.15. The van der Waals surface area contributed by atoms with Gasteiger partial charge in [-0.25, -0.2) is 9.67 Å². The molecule has 0 unspecified atom stereocenters. The molecule has 2 aromatic rings. The van der Waals surface area contributed by atoms with E-state index in [1.165, 1.54) is 0 Å². The summed E-state index contributed by atoms with van der Waals surface area (Å²) >= 11 is 0. The second kappa shape index (κ2) is 2.48. The van der Waals surface area contributed by atoms with Crippen LogP contribution in [0.2, 0.25) is 0 Å². The third-order valence-electron chi connectivity index (χ3n) is 1.80. The fourth-order valence-electron chi connectivity index (χ4n) is 1.22. The molecule has 0 aliphatic rings. The van der Waals surface area contributed by atoms with Crippen molar-refractivity contribution < 1.29 is 0 Å². The summed E-state index contributed by atoms with van der Waals surface area (Å²) < 4.78 is 1.84. The summed E-state index contributed by atoms with van der Waals surface area (Å²) in [6.45, 7) is 2.87. The fraction of sp³-hybridized carbons (Fsp3) is 0.250. The standard InChI is InChI=1S/C8H10N4/c1-2-12-8-6(4-11-12)3-7(9)5-10-8/h3-5H,2,9H2,1H3. The third-order valence-corrected chi connectivity index (χ3v) is 1.80. The van der Waals surface area contributed by atoms with E-state index in [0.29, 0.717) is 5.69 Å². The molecule has 0 aliphatic heterocycles. The summed E-state index contributed by atoms with van der Waals surface area (Å²) in [4.78, 5) is 4.19. The summed E-state index contributed by atoms with van der Waals surface area (Å²) in [7, 11) is 0. The van der Waals surface area contributed by atoms with Gasteiger partial charge in [0.25, 0.3) is 0 Å². The lowest BCUT2D eigenvalue weighted by molar-refractivity contribution is 0.677. The van der Waals surface area contributed by atoms with Gasteiger partial charge in [-0.1, -0.05) is 0 Å². The second-order valence-electron chi connectivity index (χ2n) is 2.64. The van der Waals surface area contributed by atoms with E-state index in [9.17, 15) is 0 Å². The minimum atomic E-state index is 0.679. The van der Waals surface area contributed by atoms with E-state index < -0.39 is 0 Å². The zero-order valence-electron chi connectivity index (χ0n) is 6.86. The average Bonchev–Trinajstić information content (AvgIpc) is 2.46. The zero-order valence-corrected chi connectivity index (χ0v) is 6.86. The van der Waals surface area contributed by atoms with Crippen LogP contribution in [0.1, 0.15) is 6.92 Å². The Morgan fingerprint density at radius 3 is 3.08 bits per heavy atom. The number of anilines is 1. The number of nitrogen functional groups attached to an aromatic ring is 1. The summed E-state index contributed by atoms with van der Waals surface area (Å²) in [6.07, 6.45) is 3.43. The van der Waals surface area contributed by atoms with Gasteiger partial charge in [-0.2, -0.15) is 5.10 Å². The molecule has 0 atom stereocenters. The van der Waals surface area contributed by atoms with Crippen LogP contribution in [-0.2, 0) is 6.54 Å². The average molecular weight is 162 g/mol. The number of nitrogens with two attached hydrogens (primary N) is 1. The zero-order chi connectivity index (χ0) is 8.55. The second-order valence-corrected chi connectivity index (χ2v) is 2.64. The number of fused-ring (bicyclic) bond motifs is 1.